The van der Waals surface area contributed by atoms with Gasteiger partial charge in [-0.1, -0.05) is 26.5 Å². The van der Waals surface area contributed by atoms with Crippen molar-refractivity contribution in [1.82, 2.24) is 5.32 Å². The number of carbonyl (C=O) groups excluding carboxylic acids is 2. The van der Waals surface area contributed by atoms with Crippen molar-refractivity contribution in [3.63, 3.8) is 0 Å². The monoisotopic (exact) mass is 286 g/mol. The van der Waals surface area contributed by atoms with Crippen LogP contribution in [0.25, 0.3) is 0 Å². The van der Waals surface area contributed by atoms with Gasteiger partial charge in [0.2, 0.25) is 0 Å². The minimum Gasteiger partial charge on any atom is -0.311 e. The molecule has 1 heterocycles. The lowest BCUT2D eigenvalue weighted by Gasteiger charge is -2.21. The molecule has 0 spiro atoms. The largest absolute Gasteiger partial charge is 0.311 e. The number of benzene rings is 1. The highest BCUT2D eigenvalue weighted by Gasteiger charge is 2.37. The summed E-state index contributed by atoms with van der Waals surface area (Å²) >= 11 is 0. The third kappa shape index (κ3) is 3.05. The maximum Gasteiger partial charge on any atom is 0.299 e. The molecule has 0 radical (unpaired) electrons. The van der Waals surface area contributed by atoms with Crippen LogP contribution in [-0.2, 0) is 4.79 Å². The zero-order valence-corrected chi connectivity index (χ0v) is 13.1. The Morgan fingerprint density at radius 2 is 1.95 bits per heavy atom. The third-order valence-corrected chi connectivity index (χ3v) is 3.54. The van der Waals surface area contributed by atoms with Crippen LogP contribution in [0.15, 0.2) is 24.3 Å². The Morgan fingerprint density at radius 1 is 1.29 bits per heavy atom. The van der Waals surface area contributed by atoms with Crippen LogP contribution in [0.5, 0.6) is 0 Å². The van der Waals surface area contributed by atoms with E-state index in [0.29, 0.717) is 24.7 Å². The number of fused-ring (bicyclic) bond motifs is 1. The van der Waals surface area contributed by atoms with Gasteiger partial charge >= 0.3 is 0 Å². The van der Waals surface area contributed by atoms with Gasteiger partial charge in [-0.3, -0.25) is 9.59 Å². The second-order valence-corrected chi connectivity index (χ2v) is 5.98. The lowest BCUT2D eigenvalue weighted by molar-refractivity contribution is -0.114. The van der Waals surface area contributed by atoms with Crippen LogP contribution in [0, 0.1) is 13.8 Å². The van der Waals surface area contributed by atoms with E-state index in [0.717, 1.165) is 22.4 Å². The number of anilines is 1. The summed E-state index contributed by atoms with van der Waals surface area (Å²) in [5, 5.41) is 3.27. The molecule has 0 atom stereocenters. The van der Waals surface area contributed by atoms with Crippen molar-refractivity contribution in [3.8, 4) is 0 Å². The summed E-state index contributed by atoms with van der Waals surface area (Å²) in [7, 11) is 0. The number of Topliss-reactive ketones (excluding diaryl/α,β-unsaturated/α-hetero) is 1. The molecule has 0 unspecified atom stereocenters. The first kappa shape index (κ1) is 15.4. The van der Waals surface area contributed by atoms with Crippen molar-refractivity contribution in [1.29, 1.82) is 0 Å². The predicted octanol–water partition coefficient (Wildman–Crippen LogP) is 2.39. The average Bonchev–Trinajstić information content (AvgIpc) is 2.62. The van der Waals surface area contributed by atoms with Crippen LogP contribution < -0.4 is 10.2 Å². The molecule has 0 saturated heterocycles. The second kappa shape index (κ2) is 5.82. The Bertz CT molecular complexity index is 617. The van der Waals surface area contributed by atoms with E-state index in [1.54, 1.807) is 11.0 Å². The van der Waals surface area contributed by atoms with Crippen molar-refractivity contribution in [3.05, 3.63) is 41.0 Å². The first-order valence-corrected chi connectivity index (χ1v) is 7.18. The lowest BCUT2D eigenvalue weighted by Crippen LogP contribution is -2.35. The van der Waals surface area contributed by atoms with Gasteiger partial charge < -0.3 is 10.2 Å². The number of nitrogens with zero attached hydrogens (tertiary/aromatic N) is 1. The van der Waals surface area contributed by atoms with E-state index < -0.39 is 11.7 Å². The molecule has 1 amide bonds. The molecule has 1 aromatic carbocycles. The summed E-state index contributed by atoms with van der Waals surface area (Å²) in [6.45, 7) is 13.0. The number of hydrogen-bond donors (Lipinski definition) is 1. The normalized spacial score (nSPS) is 14.0. The van der Waals surface area contributed by atoms with Crippen LogP contribution >= 0.6 is 0 Å². The van der Waals surface area contributed by atoms with Crippen LogP contribution in [0.3, 0.4) is 0 Å². The lowest BCUT2D eigenvalue weighted by atomic mass is 10.0. The summed E-state index contributed by atoms with van der Waals surface area (Å²) in [6, 6.07) is 4.14. The molecule has 2 rings (SSSR count). The van der Waals surface area contributed by atoms with Gasteiger partial charge in [-0.15, -0.1) is 0 Å². The molecule has 4 heteroatoms. The van der Waals surface area contributed by atoms with E-state index in [1.807, 2.05) is 19.9 Å². The molecule has 0 saturated carbocycles. The molecule has 112 valence electrons. The number of rotatable bonds is 5. The van der Waals surface area contributed by atoms with Crippen LogP contribution in [0.4, 0.5) is 5.69 Å². The predicted molar refractivity (Wildman–Crippen MR) is 84.9 cm³/mol. The van der Waals surface area contributed by atoms with Gasteiger partial charge in [-0.25, -0.2) is 0 Å². The van der Waals surface area contributed by atoms with Crippen molar-refractivity contribution in [2.24, 2.45) is 0 Å². The standard InChI is InChI=1S/C17H22N2O2/c1-10(2)18-8-12(4)9-19-15-13(5)6-11(3)7-14(15)16(20)17(19)21/h6-7,10,18H,4,8-9H2,1-3,5H3. The van der Waals surface area contributed by atoms with Gasteiger partial charge in [0.05, 0.1) is 11.3 Å². The highest BCUT2D eigenvalue weighted by atomic mass is 16.2. The number of carbonyl (C=O) groups is 2. The summed E-state index contributed by atoms with van der Waals surface area (Å²) in [4.78, 5) is 25.9. The Balaban J connectivity index is 2.25. The van der Waals surface area contributed by atoms with Gasteiger partial charge in [0.15, 0.2) is 0 Å². The number of nitrogens with one attached hydrogen (secondary N) is 1. The summed E-state index contributed by atoms with van der Waals surface area (Å²) in [5.41, 5.74) is 4.09. The molecule has 0 aromatic heterocycles. The smallest absolute Gasteiger partial charge is 0.299 e. The minimum atomic E-state index is -0.454. The maximum atomic E-state index is 12.2. The molecule has 1 aliphatic rings. The number of aryl methyl sites for hydroxylation is 2. The number of hydrogen-bond acceptors (Lipinski definition) is 3. The molecule has 1 N–H and O–H groups in total. The van der Waals surface area contributed by atoms with Crippen LogP contribution in [0.1, 0.15) is 35.3 Å². The molecule has 21 heavy (non-hydrogen) atoms. The summed E-state index contributed by atoms with van der Waals surface area (Å²) in [6.07, 6.45) is 0. The highest BCUT2D eigenvalue weighted by Crippen LogP contribution is 2.33. The first-order chi connectivity index (χ1) is 9.81. The molecule has 1 aliphatic heterocycles. The van der Waals surface area contributed by atoms with Crippen LogP contribution in [-0.4, -0.2) is 30.8 Å². The second-order valence-electron chi connectivity index (χ2n) is 5.98. The Hall–Kier alpha value is -1.94. The zero-order valence-electron chi connectivity index (χ0n) is 13.1. The molecule has 0 bridgehead atoms. The highest BCUT2D eigenvalue weighted by molar-refractivity contribution is 6.52. The molecular weight excluding hydrogens is 264 g/mol. The number of ketones is 1. The third-order valence-electron chi connectivity index (χ3n) is 3.54. The average molecular weight is 286 g/mol. The van der Waals surface area contributed by atoms with E-state index in [-0.39, 0.29) is 0 Å². The minimum absolute atomic E-state index is 0.356. The fourth-order valence-corrected chi connectivity index (χ4v) is 2.61. The van der Waals surface area contributed by atoms with E-state index in [9.17, 15) is 9.59 Å². The summed E-state index contributed by atoms with van der Waals surface area (Å²) in [5.74, 6) is -0.870. The topological polar surface area (TPSA) is 49.4 Å². The van der Waals surface area contributed by atoms with Gasteiger partial charge in [0, 0.05) is 19.1 Å². The number of amides is 1. The molecule has 0 fully saturated rings. The molecule has 0 aliphatic carbocycles. The van der Waals surface area contributed by atoms with Gasteiger partial charge in [-0.05, 0) is 36.6 Å². The Morgan fingerprint density at radius 3 is 2.57 bits per heavy atom. The Kier molecular flexibility index (Phi) is 4.28. The van der Waals surface area contributed by atoms with Crippen molar-refractivity contribution in [2.75, 3.05) is 18.0 Å². The zero-order chi connectivity index (χ0) is 15.7. The molecular formula is C17H22N2O2. The first-order valence-electron chi connectivity index (χ1n) is 7.18. The van der Waals surface area contributed by atoms with Crippen molar-refractivity contribution >= 4 is 17.4 Å². The fraction of sp³-hybridized carbons (Fsp3) is 0.412. The van der Waals surface area contributed by atoms with E-state index in [4.69, 9.17) is 0 Å². The maximum absolute atomic E-state index is 12.2. The molecule has 1 aromatic rings. The van der Waals surface area contributed by atoms with Crippen molar-refractivity contribution in [2.45, 2.75) is 33.7 Å². The fourth-order valence-electron chi connectivity index (χ4n) is 2.61. The van der Waals surface area contributed by atoms with Gasteiger partial charge in [0.1, 0.15) is 0 Å². The van der Waals surface area contributed by atoms with Gasteiger partial charge in [0.25, 0.3) is 11.7 Å². The van der Waals surface area contributed by atoms with Crippen molar-refractivity contribution < 1.29 is 9.59 Å². The summed E-state index contributed by atoms with van der Waals surface area (Å²) < 4.78 is 0. The quantitative estimate of drug-likeness (QED) is 0.668. The molecule has 4 nitrogen and oxygen atoms in total. The SMILES string of the molecule is C=C(CNC(C)C)CN1C(=O)C(=O)c2cc(C)cc(C)c21. The van der Waals surface area contributed by atoms with Crippen LogP contribution in [0.2, 0.25) is 0 Å². The van der Waals surface area contributed by atoms with Gasteiger partial charge in [-0.2, -0.15) is 0 Å². The Labute approximate surface area is 125 Å². The van der Waals surface area contributed by atoms with E-state index in [2.05, 4.69) is 25.7 Å². The van der Waals surface area contributed by atoms with E-state index >= 15 is 0 Å². The van der Waals surface area contributed by atoms with E-state index in [1.165, 1.54) is 0 Å².